The first-order valence-electron chi connectivity index (χ1n) is 7.23. The molecule has 2 rings (SSSR count). The first kappa shape index (κ1) is 12.4. The Bertz CT molecular complexity index is 201. The molecule has 0 radical (unpaired) electrons. The van der Waals surface area contributed by atoms with Crippen LogP contribution in [0.25, 0.3) is 0 Å². The van der Waals surface area contributed by atoms with E-state index in [2.05, 4.69) is 11.8 Å². The minimum absolute atomic E-state index is 0.224. The van der Waals surface area contributed by atoms with Crippen molar-refractivity contribution in [2.75, 3.05) is 19.6 Å². The van der Waals surface area contributed by atoms with Crippen LogP contribution in [0.2, 0.25) is 0 Å². The molecule has 0 atom stereocenters. The lowest BCUT2D eigenvalue weighted by Crippen LogP contribution is -2.38. The molecule has 1 heterocycles. The molecule has 0 unspecified atom stereocenters. The first-order chi connectivity index (χ1) is 7.72. The van der Waals surface area contributed by atoms with E-state index in [1.165, 1.54) is 71.0 Å². The van der Waals surface area contributed by atoms with Crippen molar-refractivity contribution in [3.8, 4) is 0 Å². The topological polar surface area (TPSA) is 29.3 Å². The Morgan fingerprint density at radius 2 is 1.81 bits per heavy atom. The third kappa shape index (κ3) is 3.21. The van der Waals surface area contributed by atoms with E-state index in [1.54, 1.807) is 0 Å². The molecular weight excluding hydrogens is 196 g/mol. The van der Waals surface area contributed by atoms with Gasteiger partial charge in [-0.15, -0.1) is 0 Å². The smallest absolute Gasteiger partial charge is 0.0154 e. The maximum atomic E-state index is 6.42. The van der Waals surface area contributed by atoms with Crippen molar-refractivity contribution in [1.29, 1.82) is 0 Å². The van der Waals surface area contributed by atoms with Crippen LogP contribution in [0.5, 0.6) is 0 Å². The molecule has 2 nitrogen and oxygen atoms in total. The van der Waals surface area contributed by atoms with E-state index in [0.717, 1.165) is 5.92 Å². The summed E-state index contributed by atoms with van der Waals surface area (Å²) >= 11 is 0. The van der Waals surface area contributed by atoms with Crippen molar-refractivity contribution >= 4 is 0 Å². The molecule has 1 aliphatic heterocycles. The molecular formula is C14H28N2. The Balaban J connectivity index is 1.67. The molecule has 2 fully saturated rings. The van der Waals surface area contributed by atoms with Crippen molar-refractivity contribution in [3.05, 3.63) is 0 Å². The summed E-state index contributed by atoms with van der Waals surface area (Å²) in [6.45, 7) is 6.14. The predicted octanol–water partition coefficient (Wildman–Crippen LogP) is 2.77. The van der Waals surface area contributed by atoms with Crippen molar-refractivity contribution in [2.45, 2.75) is 63.8 Å². The molecule has 2 N–H and O–H groups in total. The van der Waals surface area contributed by atoms with E-state index in [9.17, 15) is 0 Å². The molecule has 0 amide bonds. The summed E-state index contributed by atoms with van der Waals surface area (Å²) in [5.74, 6) is 0.962. The zero-order chi connectivity index (χ0) is 11.4. The zero-order valence-corrected chi connectivity index (χ0v) is 10.9. The van der Waals surface area contributed by atoms with E-state index < -0.39 is 0 Å². The summed E-state index contributed by atoms with van der Waals surface area (Å²) in [6.07, 6.45) is 10.8. The highest BCUT2D eigenvalue weighted by Gasteiger charge is 2.30. The molecule has 0 aromatic rings. The van der Waals surface area contributed by atoms with Crippen LogP contribution < -0.4 is 5.73 Å². The second kappa shape index (κ2) is 5.50. The number of hydrogen-bond acceptors (Lipinski definition) is 2. The van der Waals surface area contributed by atoms with Crippen molar-refractivity contribution in [2.24, 2.45) is 11.7 Å². The van der Waals surface area contributed by atoms with Crippen molar-refractivity contribution in [1.82, 2.24) is 4.90 Å². The molecule has 16 heavy (non-hydrogen) atoms. The molecule has 94 valence electrons. The lowest BCUT2D eigenvalue weighted by atomic mass is 9.85. The van der Waals surface area contributed by atoms with E-state index in [-0.39, 0.29) is 5.54 Å². The second-order valence-corrected chi connectivity index (χ2v) is 5.99. The van der Waals surface area contributed by atoms with Gasteiger partial charge in [0.2, 0.25) is 0 Å². The number of nitrogens with zero attached hydrogens (tertiary/aromatic N) is 1. The van der Waals surface area contributed by atoms with Crippen LogP contribution in [-0.2, 0) is 0 Å². The second-order valence-electron chi connectivity index (χ2n) is 5.99. The summed E-state index contributed by atoms with van der Waals surface area (Å²) < 4.78 is 0. The molecule has 0 spiro atoms. The third-order valence-corrected chi connectivity index (χ3v) is 4.80. The highest BCUT2D eigenvalue weighted by atomic mass is 15.1. The molecule has 2 aliphatic rings. The highest BCUT2D eigenvalue weighted by Crippen LogP contribution is 2.33. The normalized spacial score (nSPS) is 27.4. The number of nitrogens with two attached hydrogens (primary N) is 1. The molecule has 0 aromatic carbocycles. The van der Waals surface area contributed by atoms with Gasteiger partial charge in [0.05, 0.1) is 0 Å². The minimum atomic E-state index is 0.224. The fourth-order valence-electron chi connectivity index (χ4n) is 3.41. The summed E-state index contributed by atoms with van der Waals surface area (Å²) in [5, 5.41) is 0. The van der Waals surface area contributed by atoms with Gasteiger partial charge in [-0.05, 0) is 64.1 Å². The molecule has 0 aromatic heterocycles. The SMILES string of the molecule is CCN1CCC(CCC2(N)CCCC2)CC1. The molecule has 1 aliphatic carbocycles. The van der Waals surface area contributed by atoms with E-state index in [4.69, 9.17) is 5.73 Å². The van der Waals surface area contributed by atoms with E-state index in [1.807, 2.05) is 0 Å². The Morgan fingerprint density at radius 1 is 1.19 bits per heavy atom. The van der Waals surface area contributed by atoms with Crippen LogP contribution in [0.4, 0.5) is 0 Å². The number of piperidine rings is 1. The van der Waals surface area contributed by atoms with Gasteiger partial charge in [-0.2, -0.15) is 0 Å². The summed E-state index contributed by atoms with van der Waals surface area (Å²) in [6, 6.07) is 0. The maximum absolute atomic E-state index is 6.42. The summed E-state index contributed by atoms with van der Waals surface area (Å²) in [4.78, 5) is 2.57. The number of rotatable bonds is 4. The summed E-state index contributed by atoms with van der Waals surface area (Å²) in [7, 11) is 0. The van der Waals surface area contributed by atoms with Gasteiger partial charge < -0.3 is 10.6 Å². The van der Waals surface area contributed by atoms with Gasteiger partial charge in [-0.1, -0.05) is 19.8 Å². The van der Waals surface area contributed by atoms with Gasteiger partial charge in [-0.3, -0.25) is 0 Å². The average molecular weight is 224 g/mol. The lowest BCUT2D eigenvalue weighted by Gasteiger charge is -2.33. The van der Waals surface area contributed by atoms with Crippen LogP contribution in [0.3, 0.4) is 0 Å². The molecule has 2 heteroatoms. The Hall–Kier alpha value is -0.0800. The molecule has 1 saturated carbocycles. The van der Waals surface area contributed by atoms with Crippen LogP contribution in [-0.4, -0.2) is 30.1 Å². The van der Waals surface area contributed by atoms with Crippen LogP contribution in [0, 0.1) is 5.92 Å². The predicted molar refractivity (Wildman–Crippen MR) is 69.5 cm³/mol. The third-order valence-electron chi connectivity index (χ3n) is 4.80. The van der Waals surface area contributed by atoms with Crippen LogP contribution >= 0.6 is 0 Å². The van der Waals surface area contributed by atoms with Gasteiger partial charge in [-0.25, -0.2) is 0 Å². The summed E-state index contributed by atoms with van der Waals surface area (Å²) in [5.41, 5.74) is 6.64. The maximum Gasteiger partial charge on any atom is 0.0154 e. The van der Waals surface area contributed by atoms with Crippen molar-refractivity contribution < 1.29 is 0 Å². The van der Waals surface area contributed by atoms with Crippen LogP contribution in [0.15, 0.2) is 0 Å². The monoisotopic (exact) mass is 224 g/mol. The zero-order valence-electron chi connectivity index (χ0n) is 10.9. The number of hydrogen-bond donors (Lipinski definition) is 1. The highest BCUT2D eigenvalue weighted by molar-refractivity contribution is 4.89. The fourth-order valence-corrected chi connectivity index (χ4v) is 3.41. The lowest BCUT2D eigenvalue weighted by molar-refractivity contribution is 0.178. The Kier molecular flexibility index (Phi) is 4.26. The number of likely N-dealkylation sites (tertiary alicyclic amines) is 1. The van der Waals surface area contributed by atoms with E-state index in [0.29, 0.717) is 0 Å². The fraction of sp³-hybridized carbons (Fsp3) is 1.00. The van der Waals surface area contributed by atoms with Gasteiger partial charge in [0.25, 0.3) is 0 Å². The quantitative estimate of drug-likeness (QED) is 0.795. The van der Waals surface area contributed by atoms with E-state index >= 15 is 0 Å². The largest absolute Gasteiger partial charge is 0.325 e. The van der Waals surface area contributed by atoms with Crippen LogP contribution in [0.1, 0.15) is 58.3 Å². The molecule has 1 saturated heterocycles. The first-order valence-corrected chi connectivity index (χ1v) is 7.23. The Labute approximate surface area is 101 Å². The van der Waals surface area contributed by atoms with Gasteiger partial charge in [0.15, 0.2) is 0 Å². The van der Waals surface area contributed by atoms with Gasteiger partial charge in [0.1, 0.15) is 0 Å². The van der Waals surface area contributed by atoms with Crippen molar-refractivity contribution in [3.63, 3.8) is 0 Å². The molecule has 0 bridgehead atoms. The van der Waals surface area contributed by atoms with Gasteiger partial charge >= 0.3 is 0 Å². The average Bonchev–Trinajstić information content (AvgIpc) is 2.75. The standard InChI is InChI=1S/C14H28N2/c1-2-16-11-6-13(7-12-16)5-10-14(15)8-3-4-9-14/h13H,2-12,15H2,1H3. The van der Waals surface area contributed by atoms with Gasteiger partial charge in [0, 0.05) is 5.54 Å². The Morgan fingerprint density at radius 3 is 2.38 bits per heavy atom. The minimum Gasteiger partial charge on any atom is -0.325 e.